The van der Waals surface area contributed by atoms with Crippen LogP contribution in [0, 0.1) is 0 Å². The summed E-state index contributed by atoms with van der Waals surface area (Å²) in [6.45, 7) is 2.39. The molecule has 4 aromatic rings. The lowest BCUT2D eigenvalue weighted by Crippen LogP contribution is -2.33. The number of aryl methyl sites for hydroxylation is 1. The molecule has 0 bridgehead atoms. The molecule has 0 saturated heterocycles. The molecule has 1 amide bonds. The van der Waals surface area contributed by atoms with E-state index in [1.807, 2.05) is 79.0 Å². The van der Waals surface area contributed by atoms with Crippen molar-refractivity contribution in [2.24, 2.45) is 7.05 Å². The van der Waals surface area contributed by atoms with Crippen molar-refractivity contribution in [1.29, 1.82) is 0 Å². The number of nitrogens with one attached hydrogen (secondary N) is 1. The van der Waals surface area contributed by atoms with Crippen LogP contribution in [-0.2, 0) is 18.4 Å². The van der Waals surface area contributed by atoms with Crippen LogP contribution in [0.5, 0.6) is 0 Å². The van der Waals surface area contributed by atoms with Gasteiger partial charge in [-0.05, 0) is 30.2 Å². The third kappa shape index (κ3) is 3.67. The number of benzene rings is 2. The van der Waals surface area contributed by atoms with Crippen LogP contribution in [0.25, 0.3) is 21.8 Å². The van der Waals surface area contributed by atoms with Crippen molar-refractivity contribution in [3.63, 3.8) is 0 Å². The van der Waals surface area contributed by atoms with Crippen LogP contribution >= 0.6 is 0 Å². The molecule has 7 heteroatoms. The molecule has 0 aliphatic rings. The summed E-state index contributed by atoms with van der Waals surface area (Å²) in [5, 5.41) is 8.93. The van der Waals surface area contributed by atoms with E-state index in [1.54, 1.807) is 13.2 Å². The molecule has 0 fully saturated rings. The summed E-state index contributed by atoms with van der Waals surface area (Å²) in [5.41, 5.74) is 3.29. The molecule has 1 N–H and O–H groups in total. The molecule has 4 rings (SSSR count). The molecule has 7 nitrogen and oxygen atoms in total. The lowest BCUT2D eigenvalue weighted by Gasteiger charge is -2.19. The van der Waals surface area contributed by atoms with Crippen molar-refractivity contribution in [2.45, 2.75) is 25.9 Å². The summed E-state index contributed by atoms with van der Waals surface area (Å²) in [6.07, 6.45) is 2.26. The number of amides is 1. The molecule has 2 aromatic heterocycles. The number of para-hydroxylation sites is 1. The van der Waals surface area contributed by atoms with Crippen LogP contribution in [-0.4, -0.2) is 34.4 Å². The Morgan fingerprint density at radius 1 is 1.10 bits per heavy atom. The van der Waals surface area contributed by atoms with E-state index in [4.69, 9.17) is 0 Å². The Morgan fingerprint density at radius 3 is 2.48 bits per heavy atom. The topological polar surface area (TPSA) is 72.2 Å². The number of rotatable bonds is 6. The molecule has 2 aromatic carbocycles. The van der Waals surface area contributed by atoms with Crippen molar-refractivity contribution < 1.29 is 4.79 Å². The summed E-state index contributed by atoms with van der Waals surface area (Å²) in [7, 11) is 5.62. The maximum atomic E-state index is 13.2. The molecule has 1 unspecified atom stereocenters. The second kappa shape index (κ2) is 8.26. The van der Waals surface area contributed by atoms with Gasteiger partial charge in [-0.2, -0.15) is 5.10 Å². The minimum Gasteiger partial charge on any atom is -0.378 e. The fourth-order valence-electron chi connectivity index (χ4n) is 4.02. The smallest absolute Gasteiger partial charge is 0.291 e. The molecular formula is C24H27N5O2. The second-order valence-corrected chi connectivity index (χ2v) is 7.93. The molecule has 2 heterocycles. The van der Waals surface area contributed by atoms with Gasteiger partial charge in [0.25, 0.3) is 5.56 Å². The van der Waals surface area contributed by atoms with Crippen molar-refractivity contribution >= 4 is 33.4 Å². The molecule has 0 aliphatic heterocycles. The molecule has 0 aliphatic carbocycles. The first kappa shape index (κ1) is 20.7. The highest BCUT2D eigenvalue weighted by atomic mass is 16.2. The monoisotopic (exact) mass is 417 g/mol. The zero-order valence-electron chi connectivity index (χ0n) is 18.3. The van der Waals surface area contributed by atoms with Gasteiger partial charge in [0.2, 0.25) is 5.91 Å². The Hall–Kier alpha value is -3.61. The van der Waals surface area contributed by atoms with E-state index in [-0.39, 0.29) is 11.5 Å². The SMILES string of the molecule is CCC(C(=O)NCc1ccc(N(C)C)cc1)n1c2ccccc2c2cnn(C)c(=O)c21. The summed E-state index contributed by atoms with van der Waals surface area (Å²) >= 11 is 0. The van der Waals surface area contributed by atoms with Crippen molar-refractivity contribution in [3.8, 4) is 0 Å². The summed E-state index contributed by atoms with van der Waals surface area (Å²) < 4.78 is 3.19. The fourth-order valence-corrected chi connectivity index (χ4v) is 4.02. The summed E-state index contributed by atoms with van der Waals surface area (Å²) in [4.78, 5) is 28.2. The van der Waals surface area contributed by atoms with E-state index in [2.05, 4.69) is 10.4 Å². The van der Waals surface area contributed by atoms with Crippen molar-refractivity contribution in [1.82, 2.24) is 19.7 Å². The Labute approximate surface area is 180 Å². The molecule has 0 saturated carbocycles. The Kier molecular flexibility index (Phi) is 5.50. The molecule has 0 radical (unpaired) electrons. The van der Waals surface area contributed by atoms with Crippen LogP contribution in [0.15, 0.2) is 59.5 Å². The van der Waals surface area contributed by atoms with Crippen LogP contribution in [0.2, 0.25) is 0 Å². The molecular weight excluding hydrogens is 390 g/mol. The lowest BCUT2D eigenvalue weighted by molar-refractivity contribution is -0.124. The van der Waals surface area contributed by atoms with Gasteiger partial charge in [0.15, 0.2) is 0 Å². The van der Waals surface area contributed by atoms with Gasteiger partial charge >= 0.3 is 0 Å². The highest BCUT2D eigenvalue weighted by molar-refractivity contribution is 6.08. The number of aromatic nitrogens is 3. The molecule has 1 atom stereocenters. The highest BCUT2D eigenvalue weighted by Crippen LogP contribution is 2.30. The molecule has 0 spiro atoms. The van der Waals surface area contributed by atoms with E-state index in [1.165, 1.54) is 4.68 Å². The van der Waals surface area contributed by atoms with Gasteiger partial charge in [-0.3, -0.25) is 9.59 Å². The number of carbonyl (C=O) groups is 1. The molecule has 31 heavy (non-hydrogen) atoms. The average Bonchev–Trinajstić information content (AvgIpc) is 3.11. The van der Waals surface area contributed by atoms with Crippen LogP contribution in [0.4, 0.5) is 5.69 Å². The number of anilines is 1. The van der Waals surface area contributed by atoms with Gasteiger partial charge in [-0.25, -0.2) is 4.68 Å². The summed E-state index contributed by atoms with van der Waals surface area (Å²) in [6, 6.07) is 15.4. The highest BCUT2D eigenvalue weighted by Gasteiger charge is 2.25. The Morgan fingerprint density at radius 2 is 1.81 bits per heavy atom. The van der Waals surface area contributed by atoms with Crippen molar-refractivity contribution in [2.75, 3.05) is 19.0 Å². The predicted molar refractivity (Wildman–Crippen MR) is 124 cm³/mol. The summed E-state index contributed by atoms with van der Waals surface area (Å²) in [5.74, 6) is -0.110. The van der Waals surface area contributed by atoms with Crippen LogP contribution in [0.1, 0.15) is 24.9 Å². The van der Waals surface area contributed by atoms with Gasteiger partial charge in [0.1, 0.15) is 11.6 Å². The van der Waals surface area contributed by atoms with Crippen LogP contribution < -0.4 is 15.8 Å². The van der Waals surface area contributed by atoms with E-state index in [0.29, 0.717) is 18.5 Å². The number of fused-ring (bicyclic) bond motifs is 3. The Balaban J connectivity index is 1.70. The van der Waals surface area contributed by atoms with Gasteiger partial charge in [-0.15, -0.1) is 0 Å². The zero-order chi connectivity index (χ0) is 22.1. The first-order chi connectivity index (χ1) is 14.9. The largest absolute Gasteiger partial charge is 0.378 e. The fraction of sp³-hybridized carbons (Fsp3) is 0.292. The number of carbonyl (C=O) groups excluding carboxylic acids is 1. The second-order valence-electron chi connectivity index (χ2n) is 7.93. The number of nitrogens with zero attached hydrogens (tertiary/aromatic N) is 4. The van der Waals surface area contributed by atoms with E-state index < -0.39 is 6.04 Å². The number of hydrogen-bond acceptors (Lipinski definition) is 4. The predicted octanol–water partition coefficient (Wildman–Crippen LogP) is 3.22. The minimum atomic E-state index is -0.501. The zero-order valence-corrected chi connectivity index (χ0v) is 18.3. The minimum absolute atomic E-state index is 0.110. The maximum absolute atomic E-state index is 13.2. The number of hydrogen-bond donors (Lipinski definition) is 1. The van der Waals surface area contributed by atoms with Gasteiger partial charge in [0, 0.05) is 44.1 Å². The van der Waals surface area contributed by atoms with Crippen molar-refractivity contribution in [3.05, 3.63) is 70.6 Å². The van der Waals surface area contributed by atoms with Gasteiger partial charge < -0.3 is 14.8 Å². The first-order valence-corrected chi connectivity index (χ1v) is 10.4. The Bertz CT molecular complexity index is 1300. The van der Waals surface area contributed by atoms with E-state index in [0.717, 1.165) is 27.5 Å². The normalized spacial score (nSPS) is 12.3. The lowest BCUT2D eigenvalue weighted by atomic mass is 10.1. The third-order valence-corrected chi connectivity index (χ3v) is 5.73. The van der Waals surface area contributed by atoms with Gasteiger partial charge in [-0.1, -0.05) is 37.3 Å². The average molecular weight is 418 g/mol. The standard InChI is InChI=1S/C24H27N5O2/c1-5-20(23(30)25-14-16-10-12-17(13-11-16)27(2)3)29-21-9-7-6-8-18(21)19-15-26-28(4)24(31)22(19)29/h6-13,15,20H,5,14H2,1-4H3,(H,25,30). The quantitative estimate of drug-likeness (QED) is 0.523. The molecule has 160 valence electrons. The van der Waals surface area contributed by atoms with Crippen LogP contribution in [0.3, 0.4) is 0 Å². The third-order valence-electron chi connectivity index (χ3n) is 5.73. The van der Waals surface area contributed by atoms with E-state index >= 15 is 0 Å². The van der Waals surface area contributed by atoms with Gasteiger partial charge in [0.05, 0.1) is 11.7 Å². The maximum Gasteiger partial charge on any atom is 0.291 e. The first-order valence-electron chi connectivity index (χ1n) is 10.4. The van der Waals surface area contributed by atoms with E-state index in [9.17, 15) is 9.59 Å².